The summed E-state index contributed by atoms with van der Waals surface area (Å²) >= 11 is 0. The van der Waals surface area contributed by atoms with E-state index >= 15 is 0 Å². The second kappa shape index (κ2) is 7.54. The van der Waals surface area contributed by atoms with Gasteiger partial charge in [-0.1, -0.05) is 19.8 Å². The van der Waals surface area contributed by atoms with Crippen LogP contribution in [0.2, 0.25) is 0 Å². The van der Waals surface area contributed by atoms with E-state index in [1.807, 2.05) is 0 Å². The Morgan fingerprint density at radius 3 is 2.22 bits per heavy atom. The molecule has 5 atom stereocenters. The molecule has 5 rings (SSSR count). The third kappa shape index (κ3) is 3.47. The van der Waals surface area contributed by atoms with Crippen molar-refractivity contribution >= 4 is 0 Å². The molecule has 2 saturated carbocycles. The zero-order valence-corrected chi connectivity index (χ0v) is 16.5. The molecule has 5 aliphatic rings. The summed E-state index contributed by atoms with van der Waals surface area (Å²) in [4.78, 5) is 0. The maximum Gasteiger partial charge on any atom is 0.190 e. The van der Waals surface area contributed by atoms with Crippen molar-refractivity contribution in [2.75, 3.05) is 13.2 Å². The number of hydrogen-bond donors (Lipinski definition) is 0. The highest BCUT2D eigenvalue weighted by Gasteiger charge is 2.61. The Balaban J connectivity index is 1.29. The van der Waals surface area contributed by atoms with Gasteiger partial charge in [0.1, 0.15) is 24.4 Å². The fourth-order valence-corrected chi connectivity index (χ4v) is 5.52. The molecule has 3 heterocycles. The van der Waals surface area contributed by atoms with E-state index in [1.165, 1.54) is 25.7 Å². The van der Waals surface area contributed by atoms with Gasteiger partial charge in [-0.2, -0.15) is 0 Å². The van der Waals surface area contributed by atoms with Gasteiger partial charge in [0.25, 0.3) is 0 Å². The van der Waals surface area contributed by atoms with E-state index in [1.54, 1.807) is 0 Å². The van der Waals surface area contributed by atoms with Crippen LogP contribution in [-0.4, -0.2) is 55.5 Å². The summed E-state index contributed by atoms with van der Waals surface area (Å²) in [6, 6.07) is 0. The molecule has 27 heavy (non-hydrogen) atoms. The third-order valence-corrected chi connectivity index (χ3v) is 6.88. The van der Waals surface area contributed by atoms with Gasteiger partial charge in [0, 0.05) is 32.3 Å². The summed E-state index contributed by atoms with van der Waals surface area (Å²) in [5.74, 6) is -0.852. The Labute approximate surface area is 162 Å². The molecule has 0 aromatic carbocycles. The third-order valence-electron chi connectivity index (χ3n) is 6.88. The lowest BCUT2D eigenvalue weighted by Crippen LogP contribution is -2.46. The molecule has 0 N–H and O–H groups in total. The molecule has 6 nitrogen and oxygen atoms in total. The first kappa shape index (κ1) is 18.8. The Morgan fingerprint density at radius 2 is 1.52 bits per heavy atom. The largest absolute Gasteiger partial charge is 0.372 e. The molecule has 3 saturated heterocycles. The zero-order chi connectivity index (χ0) is 18.3. The molecular formula is C21H34O6. The van der Waals surface area contributed by atoms with Gasteiger partial charge in [0.05, 0.1) is 6.61 Å². The predicted octanol–water partition coefficient (Wildman–Crippen LogP) is 3.66. The molecule has 2 spiro atoms. The van der Waals surface area contributed by atoms with E-state index in [-0.39, 0.29) is 30.7 Å². The molecule has 0 aromatic rings. The minimum absolute atomic E-state index is 0.106. The van der Waals surface area contributed by atoms with Gasteiger partial charge in [0.15, 0.2) is 17.9 Å². The van der Waals surface area contributed by atoms with Crippen LogP contribution in [0.25, 0.3) is 0 Å². The van der Waals surface area contributed by atoms with Crippen LogP contribution in [0, 0.1) is 0 Å². The molecule has 5 fully saturated rings. The SMILES string of the molecule is CCCO[C@@H]1[C@H]([C@@H]2COC3(CCCCC3)O2)O[C@H]2OC3(CCCCC3)O[C@@H]21. The number of hydrogen-bond acceptors (Lipinski definition) is 6. The quantitative estimate of drug-likeness (QED) is 0.740. The number of ether oxygens (including phenoxy) is 6. The van der Waals surface area contributed by atoms with Crippen molar-refractivity contribution in [3.8, 4) is 0 Å². The fraction of sp³-hybridized carbons (Fsp3) is 1.00. The topological polar surface area (TPSA) is 55.4 Å². The minimum Gasteiger partial charge on any atom is -0.372 e. The molecular weight excluding hydrogens is 348 g/mol. The lowest BCUT2D eigenvalue weighted by molar-refractivity contribution is -0.262. The van der Waals surface area contributed by atoms with Crippen LogP contribution in [0.3, 0.4) is 0 Å². The van der Waals surface area contributed by atoms with Gasteiger partial charge >= 0.3 is 0 Å². The average molecular weight is 382 g/mol. The molecule has 0 radical (unpaired) electrons. The maximum atomic E-state index is 6.48. The Morgan fingerprint density at radius 1 is 0.815 bits per heavy atom. The number of fused-ring (bicyclic) bond motifs is 1. The van der Waals surface area contributed by atoms with Crippen LogP contribution in [0.1, 0.15) is 77.6 Å². The smallest absolute Gasteiger partial charge is 0.190 e. The fourth-order valence-electron chi connectivity index (χ4n) is 5.52. The van der Waals surface area contributed by atoms with Gasteiger partial charge in [-0.25, -0.2) is 0 Å². The van der Waals surface area contributed by atoms with E-state index in [4.69, 9.17) is 28.4 Å². The Kier molecular flexibility index (Phi) is 5.24. The van der Waals surface area contributed by atoms with E-state index in [0.29, 0.717) is 13.2 Å². The van der Waals surface area contributed by atoms with Crippen molar-refractivity contribution in [1.82, 2.24) is 0 Å². The Hall–Kier alpha value is -0.240. The van der Waals surface area contributed by atoms with Gasteiger partial charge in [-0.3, -0.25) is 0 Å². The second-order valence-electron chi connectivity index (χ2n) is 8.91. The first-order chi connectivity index (χ1) is 13.2. The van der Waals surface area contributed by atoms with Gasteiger partial charge in [-0.05, 0) is 32.1 Å². The standard InChI is InChI=1S/C21H34O6/c1-2-13-22-17-16(15-14-23-20(25-15)9-5-3-6-10-20)24-19-18(17)26-21(27-19)11-7-4-8-12-21/h15-19H,2-14H2,1H3/t15-,16-,17+,18+,19-/m0/s1. The van der Waals surface area contributed by atoms with Crippen molar-refractivity contribution in [3.63, 3.8) is 0 Å². The summed E-state index contributed by atoms with van der Waals surface area (Å²) in [5.41, 5.74) is 0. The summed E-state index contributed by atoms with van der Waals surface area (Å²) in [7, 11) is 0. The van der Waals surface area contributed by atoms with Crippen LogP contribution in [0.4, 0.5) is 0 Å². The van der Waals surface area contributed by atoms with Crippen LogP contribution in [0.15, 0.2) is 0 Å². The summed E-state index contributed by atoms with van der Waals surface area (Å²) in [6.45, 7) is 3.40. The molecule has 6 heteroatoms. The molecule has 2 aliphatic carbocycles. The van der Waals surface area contributed by atoms with Crippen molar-refractivity contribution in [1.29, 1.82) is 0 Å². The van der Waals surface area contributed by atoms with Gasteiger partial charge in [-0.15, -0.1) is 0 Å². The minimum atomic E-state index is -0.454. The highest BCUT2D eigenvalue weighted by Crippen LogP contribution is 2.48. The van der Waals surface area contributed by atoms with Crippen LogP contribution < -0.4 is 0 Å². The zero-order valence-electron chi connectivity index (χ0n) is 16.5. The average Bonchev–Trinajstić information content (AvgIpc) is 3.33. The molecule has 3 aliphatic heterocycles. The van der Waals surface area contributed by atoms with Crippen LogP contribution in [-0.2, 0) is 28.4 Å². The highest BCUT2D eigenvalue weighted by atomic mass is 16.9. The highest BCUT2D eigenvalue weighted by molar-refractivity contribution is 5.01. The van der Waals surface area contributed by atoms with Crippen molar-refractivity contribution in [3.05, 3.63) is 0 Å². The van der Waals surface area contributed by atoms with E-state index in [9.17, 15) is 0 Å². The maximum absolute atomic E-state index is 6.48. The molecule has 0 unspecified atom stereocenters. The van der Waals surface area contributed by atoms with Crippen molar-refractivity contribution in [2.45, 2.75) is 120 Å². The van der Waals surface area contributed by atoms with E-state index in [0.717, 1.165) is 44.9 Å². The summed E-state index contributed by atoms with van der Waals surface area (Å²) < 4.78 is 38.0. The first-order valence-corrected chi connectivity index (χ1v) is 11.2. The molecule has 0 aromatic heterocycles. The second-order valence-corrected chi connectivity index (χ2v) is 8.91. The molecule has 0 amide bonds. The monoisotopic (exact) mass is 382 g/mol. The predicted molar refractivity (Wildman–Crippen MR) is 97.1 cm³/mol. The summed E-state index contributed by atoms with van der Waals surface area (Å²) in [5, 5.41) is 0. The van der Waals surface area contributed by atoms with Crippen molar-refractivity contribution in [2.24, 2.45) is 0 Å². The van der Waals surface area contributed by atoms with Crippen LogP contribution in [0.5, 0.6) is 0 Å². The first-order valence-electron chi connectivity index (χ1n) is 11.2. The summed E-state index contributed by atoms with van der Waals surface area (Å²) in [6.07, 6.45) is 11.1. The Bertz CT molecular complexity index is 513. The molecule has 154 valence electrons. The normalized spacial score (nSPS) is 42.8. The van der Waals surface area contributed by atoms with Crippen molar-refractivity contribution < 1.29 is 28.4 Å². The van der Waals surface area contributed by atoms with E-state index < -0.39 is 11.6 Å². The lowest BCUT2D eigenvalue weighted by atomic mass is 9.94. The van der Waals surface area contributed by atoms with Gasteiger partial charge < -0.3 is 28.4 Å². The van der Waals surface area contributed by atoms with E-state index in [2.05, 4.69) is 6.92 Å². The van der Waals surface area contributed by atoms with Crippen LogP contribution >= 0.6 is 0 Å². The number of rotatable bonds is 4. The van der Waals surface area contributed by atoms with Gasteiger partial charge in [0.2, 0.25) is 0 Å². The lowest BCUT2D eigenvalue weighted by Gasteiger charge is -2.35. The molecule has 0 bridgehead atoms.